The fourth-order valence-electron chi connectivity index (χ4n) is 6.76. The molecule has 220 valence electrons. The monoisotopic (exact) mass is 612 g/mol. The van der Waals surface area contributed by atoms with Crippen LogP contribution in [0, 0.1) is 0 Å². The highest BCUT2D eigenvalue weighted by molar-refractivity contribution is 6.35. The fourth-order valence-corrected chi connectivity index (χ4v) is 7.28. The van der Waals surface area contributed by atoms with Crippen LogP contribution in [0.5, 0.6) is 0 Å². The Hall–Kier alpha value is -3.64. The van der Waals surface area contributed by atoms with E-state index >= 15 is 0 Å². The summed E-state index contributed by atoms with van der Waals surface area (Å²) >= 11 is 13.1. The zero-order valence-corrected chi connectivity index (χ0v) is 25.2. The summed E-state index contributed by atoms with van der Waals surface area (Å²) in [7, 11) is 0. The van der Waals surface area contributed by atoms with Gasteiger partial charge in [-0.2, -0.15) is 0 Å². The summed E-state index contributed by atoms with van der Waals surface area (Å²) in [5, 5.41) is 14.4. The molecule has 4 aromatic carbocycles. The van der Waals surface area contributed by atoms with Crippen LogP contribution in [0.1, 0.15) is 76.2 Å². The van der Waals surface area contributed by atoms with E-state index in [-0.39, 0.29) is 29.9 Å². The first-order valence-electron chi connectivity index (χ1n) is 14.8. The number of aliphatic hydroxyl groups is 1. The molecule has 1 saturated carbocycles. The molecule has 0 aromatic heterocycles. The molecule has 6 rings (SSSR count). The van der Waals surface area contributed by atoms with Gasteiger partial charge in [-0.15, -0.1) is 0 Å². The molecular formula is C36H34Cl2N2O3. The summed E-state index contributed by atoms with van der Waals surface area (Å²) in [6.45, 7) is 0.385. The van der Waals surface area contributed by atoms with E-state index in [9.17, 15) is 14.7 Å². The lowest BCUT2D eigenvalue weighted by atomic mass is 9.77. The quantitative estimate of drug-likeness (QED) is 0.227. The first-order chi connectivity index (χ1) is 20.9. The highest BCUT2D eigenvalue weighted by atomic mass is 35.5. The van der Waals surface area contributed by atoms with Crippen LogP contribution in [0.2, 0.25) is 10.0 Å². The summed E-state index contributed by atoms with van der Waals surface area (Å²) in [4.78, 5) is 30.6. The molecule has 7 heteroatoms. The van der Waals surface area contributed by atoms with E-state index in [0.29, 0.717) is 59.0 Å². The van der Waals surface area contributed by atoms with Gasteiger partial charge in [0.2, 0.25) is 5.91 Å². The minimum atomic E-state index is -0.702. The number of halogens is 2. The molecule has 1 aliphatic carbocycles. The Balaban J connectivity index is 1.41. The number of carbonyl (C=O) groups excluding carboxylic acids is 2. The lowest BCUT2D eigenvalue weighted by molar-refractivity contribution is -0.124. The SMILES string of the molecule is O=C(NCC(c1ccccc1)c1ccccc1)[C@@H]1c2ccccc2C(=O)N([C@H]2CC[C@H](O)CC2)[C@H]1c1ccc(Cl)cc1Cl. The largest absolute Gasteiger partial charge is 0.393 e. The van der Waals surface area contributed by atoms with E-state index in [2.05, 4.69) is 29.6 Å². The number of hydrogen-bond donors (Lipinski definition) is 2. The topological polar surface area (TPSA) is 69.6 Å². The summed E-state index contributed by atoms with van der Waals surface area (Å²) in [5.41, 5.74) is 4.10. The van der Waals surface area contributed by atoms with Crippen molar-refractivity contribution in [1.29, 1.82) is 0 Å². The molecule has 0 spiro atoms. The molecule has 2 aliphatic rings. The van der Waals surface area contributed by atoms with Gasteiger partial charge in [0, 0.05) is 34.1 Å². The summed E-state index contributed by atoms with van der Waals surface area (Å²) < 4.78 is 0. The number of benzene rings is 4. The molecule has 0 bridgehead atoms. The van der Waals surface area contributed by atoms with Gasteiger partial charge >= 0.3 is 0 Å². The standard InChI is InChI=1S/C36H34Cl2N2O3/c37-25-15-20-30(32(38)21-25)34-33(28-13-7-8-14-29(28)36(43)40(34)26-16-18-27(41)19-17-26)35(42)39-22-31(23-9-3-1-4-10-23)24-11-5-2-6-12-24/h1-15,20-21,26-27,31,33-34,41H,16-19,22H2,(H,39,42)/t26-,27-,33-,34+/m1/s1. The van der Waals surface area contributed by atoms with Gasteiger partial charge in [-0.25, -0.2) is 0 Å². The molecule has 0 saturated heterocycles. The molecule has 1 aliphatic heterocycles. The first-order valence-corrected chi connectivity index (χ1v) is 15.6. The Bertz CT molecular complexity index is 1550. The highest BCUT2D eigenvalue weighted by Gasteiger charge is 2.47. The van der Waals surface area contributed by atoms with Gasteiger partial charge in [0.15, 0.2) is 0 Å². The van der Waals surface area contributed by atoms with Crippen molar-refractivity contribution in [3.05, 3.63) is 141 Å². The van der Waals surface area contributed by atoms with Crippen LogP contribution < -0.4 is 5.32 Å². The molecule has 4 aromatic rings. The second-order valence-electron chi connectivity index (χ2n) is 11.5. The van der Waals surface area contributed by atoms with Gasteiger partial charge in [-0.05, 0) is 66.1 Å². The Morgan fingerprint density at radius 3 is 2.05 bits per heavy atom. The lowest BCUT2D eigenvalue weighted by Crippen LogP contribution is -2.52. The van der Waals surface area contributed by atoms with E-state index in [1.807, 2.05) is 65.6 Å². The van der Waals surface area contributed by atoms with Crippen LogP contribution in [-0.4, -0.2) is 40.5 Å². The van der Waals surface area contributed by atoms with E-state index in [0.717, 1.165) is 11.1 Å². The van der Waals surface area contributed by atoms with Crippen LogP contribution in [0.4, 0.5) is 0 Å². The minimum Gasteiger partial charge on any atom is -0.393 e. The van der Waals surface area contributed by atoms with Crippen LogP contribution in [-0.2, 0) is 4.79 Å². The first kappa shape index (κ1) is 29.4. The number of aliphatic hydroxyl groups excluding tert-OH is 1. The lowest BCUT2D eigenvalue weighted by Gasteiger charge is -2.47. The molecule has 1 heterocycles. The normalized spacial score (nSPS) is 21.9. The Kier molecular flexibility index (Phi) is 8.85. The van der Waals surface area contributed by atoms with Gasteiger partial charge < -0.3 is 15.3 Å². The predicted molar refractivity (Wildman–Crippen MR) is 171 cm³/mol. The van der Waals surface area contributed by atoms with Crippen molar-refractivity contribution in [2.45, 2.75) is 55.7 Å². The molecule has 5 nitrogen and oxygen atoms in total. The van der Waals surface area contributed by atoms with Gasteiger partial charge in [0.25, 0.3) is 5.91 Å². The average molecular weight is 614 g/mol. The smallest absolute Gasteiger partial charge is 0.254 e. The third kappa shape index (κ3) is 6.08. The van der Waals surface area contributed by atoms with Crippen molar-refractivity contribution >= 4 is 35.0 Å². The van der Waals surface area contributed by atoms with E-state index in [1.165, 1.54) is 0 Å². The number of fused-ring (bicyclic) bond motifs is 1. The van der Waals surface area contributed by atoms with Crippen molar-refractivity contribution < 1.29 is 14.7 Å². The Morgan fingerprint density at radius 1 is 0.814 bits per heavy atom. The number of nitrogens with one attached hydrogen (secondary N) is 1. The fraction of sp³-hybridized carbons (Fsp3) is 0.278. The minimum absolute atomic E-state index is 0.0553. The Morgan fingerprint density at radius 2 is 1.42 bits per heavy atom. The second kappa shape index (κ2) is 12.9. The maximum absolute atomic E-state index is 14.5. The molecule has 0 unspecified atom stereocenters. The summed E-state index contributed by atoms with van der Waals surface area (Å²) in [6.07, 6.45) is 2.12. The number of rotatable bonds is 7. The van der Waals surface area contributed by atoms with Crippen LogP contribution in [0.25, 0.3) is 0 Å². The zero-order chi connectivity index (χ0) is 29.9. The van der Waals surface area contributed by atoms with Crippen LogP contribution in [0.15, 0.2) is 103 Å². The number of hydrogen-bond acceptors (Lipinski definition) is 3. The molecule has 0 radical (unpaired) electrons. The van der Waals surface area contributed by atoms with Crippen molar-refractivity contribution in [2.24, 2.45) is 0 Å². The molecule has 2 N–H and O–H groups in total. The molecular weight excluding hydrogens is 579 g/mol. The third-order valence-corrected chi connectivity index (χ3v) is 9.45. The highest BCUT2D eigenvalue weighted by Crippen LogP contribution is 2.47. The zero-order valence-electron chi connectivity index (χ0n) is 23.7. The molecule has 2 amide bonds. The maximum Gasteiger partial charge on any atom is 0.254 e. The van der Waals surface area contributed by atoms with E-state index < -0.39 is 12.0 Å². The predicted octanol–water partition coefficient (Wildman–Crippen LogP) is 7.53. The van der Waals surface area contributed by atoms with Crippen molar-refractivity contribution in [2.75, 3.05) is 6.54 Å². The van der Waals surface area contributed by atoms with Crippen molar-refractivity contribution in [1.82, 2.24) is 10.2 Å². The van der Waals surface area contributed by atoms with Crippen molar-refractivity contribution in [3.8, 4) is 0 Å². The van der Waals surface area contributed by atoms with Crippen LogP contribution in [0.3, 0.4) is 0 Å². The molecule has 43 heavy (non-hydrogen) atoms. The number of amides is 2. The van der Waals surface area contributed by atoms with E-state index in [4.69, 9.17) is 23.2 Å². The van der Waals surface area contributed by atoms with Crippen LogP contribution >= 0.6 is 23.2 Å². The van der Waals surface area contributed by atoms with Gasteiger partial charge in [0.05, 0.1) is 18.1 Å². The third-order valence-electron chi connectivity index (χ3n) is 8.88. The Labute approximate surface area is 262 Å². The maximum atomic E-state index is 14.5. The van der Waals surface area contributed by atoms with Crippen molar-refractivity contribution in [3.63, 3.8) is 0 Å². The van der Waals surface area contributed by atoms with E-state index in [1.54, 1.807) is 18.2 Å². The van der Waals surface area contributed by atoms with Gasteiger partial charge in [-0.3, -0.25) is 9.59 Å². The summed E-state index contributed by atoms with van der Waals surface area (Å²) in [5.74, 6) is -1.05. The molecule has 1 fully saturated rings. The molecule has 2 atom stereocenters. The average Bonchev–Trinajstić information content (AvgIpc) is 3.03. The summed E-state index contributed by atoms with van der Waals surface area (Å²) in [6, 6.07) is 32.2. The number of carbonyl (C=O) groups is 2. The van der Waals surface area contributed by atoms with Gasteiger partial charge in [0.1, 0.15) is 0 Å². The van der Waals surface area contributed by atoms with Gasteiger partial charge in [-0.1, -0.05) is 108 Å². The number of nitrogens with zero attached hydrogens (tertiary/aromatic N) is 1. The second-order valence-corrected chi connectivity index (χ2v) is 12.3.